The number of nitrogens with one attached hydrogen (secondary N) is 1. The zero-order valence-corrected chi connectivity index (χ0v) is 11.5. The number of aliphatic hydroxyl groups is 1. The van der Waals surface area contributed by atoms with E-state index in [1.807, 2.05) is 30.3 Å². The predicted molar refractivity (Wildman–Crippen MR) is 74.7 cm³/mol. The van der Waals surface area contributed by atoms with E-state index in [9.17, 15) is 4.79 Å². The quantitative estimate of drug-likeness (QED) is 0.759. The van der Waals surface area contributed by atoms with E-state index >= 15 is 0 Å². The van der Waals surface area contributed by atoms with Crippen LogP contribution in [0.15, 0.2) is 30.3 Å². The van der Waals surface area contributed by atoms with E-state index in [1.165, 1.54) is 0 Å². The van der Waals surface area contributed by atoms with Crippen LogP contribution in [0.2, 0.25) is 0 Å². The second-order valence-electron chi connectivity index (χ2n) is 4.61. The van der Waals surface area contributed by atoms with Gasteiger partial charge in [0, 0.05) is 13.2 Å². The topological polar surface area (TPSA) is 58.6 Å². The summed E-state index contributed by atoms with van der Waals surface area (Å²) in [5.41, 5.74) is 0.970. The van der Waals surface area contributed by atoms with Crippen LogP contribution in [0.25, 0.3) is 0 Å². The van der Waals surface area contributed by atoms with E-state index in [4.69, 9.17) is 9.84 Å². The number of amides is 1. The third kappa shape index (κ3) is 6.82. The molecule has 106 valence electrons. The molecule has 1 rings (SSSR count). The highest BCUT2D eigenvalue weighted by atomic mass is 16.5. The van der Waals surface area contributed by atoms with Crippen molar-refractivity contribution >= 4 is 6.09 Å². The summed E-state index contributed by atoms with van der Waals surface area (Å²) in [5.74, 6) is 0.319. The van der Waals surface area contributed by atoms with Crippen LogP contribution in [-0.2, 0) is 11.3 Å². The van der Waals surface area contributed by atoms with Crippen LogP contribution in [0.4, 0.5) is 4.79 Å². The Bertz CT molecular complexity index is 348. The van der Waals surface area contributed by atoms with Gasteiger partial charge in [0.2, 0.25) is 0 Å². The standard InChI is InChI=1S/C15H23NO3/c1-2-6-13(9-10-17)11-16-15(18)19-12-14-7-4-3-5-8-14/h3-5,7-8,13,17H,2,6,9-12H2,1H3,(H,16,18). The predicted octanol–water partition coefficient (Wildman–Crippen LogP) is 2.71. The molecule has 0 aliphatic carbocycles. The van der Waals surface area contributed by atoms with Crippen molar-refractivity contribution in [1.29, 1.82) is 0 Å². The van der Waals surface area contributed by atoms with Crippen LogP contribution in [0.5, 0.6) is 0 Å². The fourth-order valence-electron chi connectivity index (χ4n) is 1.94. The van der Waals surface area contributed by atoms with Crippen molar-refractivity contribution < 1.29 is 14.6 Å². The van der Waals surface area contributed by atoms with Crippen molar-refractivity contribution in [3.05, 3.63) is 35.9 Å². The molecule has 0 saturated carbocycles. The molecule has 1 amide bonds. The van der Waals surface area contributed by atoms with Gasteiger partial charge in [-0.25, -0.2) is 4.79 Å². The molecule has 4 heteroatoms. The maximum Gasteiger partial charge on any atom is 0.407 e. The fourth-order valence-corrected chi connectivity index (χ4v) is 1.94. The third-order valence-electron chi connectivity index (χ3n) is 2.98. The first-order valence-electron chi connectivity index (χ1n) is 6.81. The Labute approximate surface area is 114 Å². The molecule has 0 radical (unpaired) electrons. The SMILES string of the molecule is CCCC(CCO)CNC(=O)OCc1ccccc1. The van der Waals surface area contributed by atoms with Gasteiger partial charge in [0.25, 0.3) is 0 Å². The molecule has 0 spiro atoms. The van der Waals surface area contributed by atoms with E-state index < -0.39 is 6.09 Å². The molecule has 0 aliphatic rings. The average Bonchev–Trinajstić information content (AvgIpc) is 2.44. The lowest BCUT2D eigenvalue weighted by molar-refractivity contribution is 0.136. The summed E-state index contributed by atoms with van der Waals surface area (Å²) in [7, 11) is 0. The molecule has 1 atom stereocenters. The number of hydrogen-bond donors (Lipinski definition) is 2. The molecule has 0 bridgehead atoms. The summed E-state index contributed by atoms with van der Waals surface area (Å²) >= 11 is 0. The molecular formula is C15H23NO3. The van der Waals surface area contributed by atoms with E-state index in [0.29, 0.717) is 18.9 Å². The lowest BCUT2D eigenvalue weighted by Gasteiger charge is -2.15. The molecule has 19 heavy (non-hydrogen) atoms. The summed E-state index contributed by atoms with van der Waals surface area (Å²) in [6, 6.07) is 9.58. The van der Waals surface area contributed by atoms with Gasteiger partial charge in [0.15, 0.2) is 0 Å². The number of benzene rings is 1. The van der Waals surface area contributed by atoms with Gasteiger partial charge >= 0.3 is 6.09 Å². The van der Waals surface area contributed by atoms with Gasteiger partial charge in [-0.15, -0.1) is 0 Å². The number of rotatable bonds is 8. The minimum Gasteiger partial charge on any atom is -0.445 e. The van der Waals surface area contributed by atoms with Crippen LogP contribution in [-0.4, -0.2) is 24.4 Å². The van der Waals surface area contributed by atoms with Crippen LogP contribution < -0.4 is 5.32 Å². The fraction of sp³-hybridized carbons (Fsp3) is 0.533. The zero-order chi connectivity index (χ0) is 13.9. The monoisotopic (exact) mass is 265 g/mol. The Morgan fingerprint density at radius 2 is 2.05 bits per heavy atom. The van der Waals surface area contributed by atoms with Crippen molar-refractivity contribution in [1.82, 2.24) is 5.32 Å². The molecule has 1 aromatic carbocycles. The first-order valence-corrected chi connectivity index (χ1v) is 6.81. The van der Waals surface area contributed by atoms with E-state index in [-0.39, 0.29) is 13.2 Å². The second kappa shape index (κ2) is 9.39. The molecule has 0 aromatic heterocycles. The highest BCUT2D eigenvalue weighted by Crippen LogP contribution is 2.09. The maximum atomic E-state index is 11.5. The van der Waals surface area contributed by atoms with Crippen LogP contribution >= 0.6 is 0 Å². The molecule has 0 fully saturated rings. The summed E-state index contributed by atoms with van der Waals surface area (Å²) in [4.78, 5) is 11.5. The average molecular weight is 265 g/mol. The van der Waals surface area contributed by atoms with E-state index in [1.54, 1.807) is 0 Å². The second-order valence-corrected chi connectivity index (χ2v) is 4.61. The Hall–Kier alpha value is -1.55. The maximum absolute atomic E-state index is 11.5. The first-order chi connectivity index (χ1) is 9.26. The van der Waals surface area contributed by atoms with E-state index in [2.05, 4.69) is 12.2 Å². The van der Waals surface area contributed by atoms with Gasteiger partial charge in [-0.3, -0.25) is 0 Å². The summed E-state index contributed by atoms with van der Waals surface area (Å²) in [6.07, 6.45) is 2.36. The number of carbonyl (C=O) groups is 1. The minimum atomic E-state index is -0.400. The van der Waals surface area contributed by atoms with E-state index in [0.717, 1.165) is 18.4 Å². The number of alkyl carbamates (subject to hydrolysis) is 1. The number of aliphatic hydroxyl groups excluding tert-OH is 1. The van der Waals surface area contributed by atoms with Gasteiger partial charge in [-0.2, -0.15) is 0 Å². The Balaban J connectivity index is 2.23. The highest BCUT2D eigenvalue weighted by molar-refractivity contribution is 5.67. The van der Waals surface area contributed by atoms with Crippen LogP contribution in [0, 0.1) is 5.92 Å². The smallest absolute Gasteiger partial charge is 0.407 e. The molecule has 0 aliphatic heterocycles. The Morgan fingerprint density at radius 1 is 1.32 bits per heavy atom. The Kier molecular flexibility index (Phi) is 7.66. The number of ether oxygens (including phenoxy) is 1. The zero-order valence-electron chi connectivity index (χ0n) is 11.5. The molecule has 4 nitrogen and oxygen atoms in total. The molecule has 1 unspecified atom stereocenters. The van der Waals surface area contributed by atoms with Crippen molar-refractivity contribution in [3.8, 4) is 0 Å². The van der Waals surface area contributed by atoms with Crippen molar-refractivity contribution in [2.24, 2.45) is 5.92 Å². The Morgan fingerprint density at radius 3 is 2.68 bits per heavy atom. The summed E-state index contributed by atoms with van der Waals surface area (Å²) < 4.78 is 5.12. The summed E-state index contributed by atoms with van der Waals surface area (Å²) in [5, 5.41) is 11.7. The molecular weight excluding hydrogens is 242 g/mol. The first kappa shape index (κ1) is 15.5. The molecule has 1 aromatic rings. The van der Waals surface area contributed by atoms with Crippen molar-refractivity contribution in [3.63, 3.8) is 0 Å². The lowest BCUT2D eigenvalue weighted by atomic mass is 10.0. The molecule has 0 saturated heterocycles. The van der Waals surface area contributed by atoms with Crippen LogP contribution in [0.1, 0.15) is 31.7 Å². The number of hydrogen-bond acceptors (Lipinski definition) is 3. The highest BCUT2D eigenvalue weighted by Gasteiger charge is 2.09. The van der Waals surface area contributed by atoms with Crippen LogP contribution in [0.3, 0.4) is 0 Å². The van der Waals surface area contributed by atoms with Gasteiger partial charge in [0.1, 0.15) is 6.61 Å². The minimum absolute atomic E-state index is 0.158. The lowest BCUT2D eigenvalue weighted by Crippen LogP contribution is -2.30. The van der Waals surface area contributed by atoms with Gasteiger partial charge in [-0.1, -0.05) is 43.7 Å². The largest absolute Gasteiger partial charge is 0.445 e. The molecule has 0 heterocycles. The number of carbonyl (C=O) groups excluding carboxylic acids is 1. The molecule has 2 N–H and O–H groups in total. The van der Waals surface area contributed by atoms with Gasteiger partial charge < -0.3 is 15.2 Å². The summed E-state index contributed by atoms with van der Waals surface area (Å²) in [6.45, 7) is 3.09. The third-order valence-corrected chi connectivity index (χ3v) is 2.98. The van der Waals surface area contributed by atoms with Gasteiger partial charge in [-0.05, 0) is 24.3 Å². The van der Waals surface area contributed by atoms with Gasteiger partial charge in [0.05, 0.1) is 0 Å². The van der Waals surface area contributed by atoms with Crippen molar-refractivity contribution in [2.45, 2.75) is 32.8 Å². The van der Waals surface area contributed by atoms with Crippen molar-refractivity contribution in [2.75, 3.05) is 13.2 Å². The normalized spacial score (nSPS) is 11.9.